The van der Waals surface area contributed by atoms with E-state index in [0.29, 0.717) is 12.5 Å². The first-order valence-electron chi connectivity index (χ1n) is 3.21. The van der Waals surface area contributed by atoms with Gasteiger partial charge in [-0.25, -0.2) is 4.39 Å². The van der Waals surface area contributed by atoms with Gasteiger partial charge in [-0.1, -0.05) is 0 Å². The predicted molar refractivity (Wildman–Crippen MR) is 29.4 cm³/mol. The summed E-state index contributed by atoms with van der Waals surface area (Å²) in [5.74, 6) is 0.363. The summed E-state index contributed by atoms with van der Waals surface area (Å²) in [6.07, 6.45) is 1.90. The van der Waals surface area contributed by atoms with Crippen LogP contribution in [0.15, 0.2) is 0 Å². The van der Waals surface area contributed by atoms with Crippen molar-refractivity contribution >= 4 is 0 Å². The molecule has 0 spiro atoms. The van der Waals surface area contributed by atoms with Gasteiger partial charge in [0.1, 0.15) is 5.67 Å². The Hall–Kier alpha value is -0.110. The smallest absolute Gasteiger partial charge is 0.127 e. The second kappa shape index (κ2) is 1.24. The molecule has 46 valence electrons. The van der Waals surface area contributed by atoms with Gasteiger partial charge in [-0.2, -0.15) is 0 Å². The molecule has 0 aromatic rings. The highest BCUT2D eigenvalue weighted by molar-refractivity contribution is 5.03. The average molecular weight is 115 g/mol. The van der Waals surface area contributed by atoms with Crippen LogP contribution in [0.3, 0.4) is 0 Å². The third-order valence-electron chi connectivity index (χ3n) is 2.45. The zero-order valence-corrected chi connectivity index (χ0v) is 4.78. The first-order chi connectivity index (χ1) is 3.81. The highest BCUT2D eigenvalue weighted by Gasteiger charge is 2.50. The van der Waals surface area contributed by atoms with Crippen molar-refractivity contribution in [3.8, 4) is 0 Å². The van der Waals surface area contributed by atoms with Gasteiger partial charge >= 0.3 is 0 Å². The maximum atomic E-state index is 13.0. The standard InChI is InChI=1S/C6H10FN/c7-6-2-1-5(6)3-8-4-6/h5,8H,1-4H2. The van der Waals surface area contributed by atoms with Crippen molar-refractivity contribution in [1.82, 2.24) is 5.32 Å². The summed E-state index contributed by atoms with van der Waals surface area (Å²) in [7, 11) is 0. The van der Waals surface area contributed by atoms with Crippen molar-refractivity contribution in [3.63, 3.8) is 0 Å². The monoisotopic (exact) mass is 115 g/mol. The Kier molecular flexibility index (Phi) is 0.734. The number of rotatable bonds is 0. The van der Waals surface area contributed by atoms with Gasteiger partial charge in [-0.05, 0) is 12.8 Å². The van der Waals surface area contributed by atoms with Crippen LogP contribution in [0.5, 0.6) is 0 Å². The van der Waals surface area contributed by atoms with Crippen molar-refractivity contribution in [2.45, 2.75) is 18.5 Å². The summed E-state index contributed by atoms with van der Waals surface area (Å²) in [5, 5.41) is 3.05. The molecule has 0 aromatic heterocycles. The minimum absolute atomic E-state index is 0.363. The number of hydrogen-bond donors (Lipinski definition) is 1. The number of nitrogens with one attached hydrogen (secondary N) is 1. The summed E-state index contributed by atoms with van der Waals surface area (Å²) in [5.41, 5.74) is -0.778. The number of alkyl halides is 1. The lowest BCUT2D eigenvalue weighted by Crippen LogP contribution is -2.41. The molecule has 1 aliphatic carbocycles. The van der Waals surface area contributed by atoms with Gasteiger partial charge in [0.25, 0.3) is 0 Å². The summed E-state index contributed by atoms with van der Waals surface area (Å²) in [6, 6.07) is 0. The van der Waals surface area contributed by atoms with E-state index in [2.05, 4.69) is 5.32 Å². The quantitative estimate of drug-likeness (QED) is 0.490. The van der Waals surface area contributed by atoms with Crippen molar-refractivity contribution in [1.29, 1.82) is 0 Å². The number of halogens is 1. The largest absolute Gasteiger partial charge is 0.313 e. The topological polar surface area (TPSA) is 12.0 Å². The van der Waals surface area contributed by atoms with Crippen LogP contribution < -0.4 is 5.32 Å². The van der Waals surface area contributed by atoms with Crippen LogP contribution >= 0.6 is 0 Å². The molecular weight excluding hydrogens is 105 g/mol. The molecule has 2 aliphatic rings. The molecule has 2 atom stereocenters. The molecule has 2 heteroatoms. The van der Waals surface area contributed by atoms with Crippen LogP contribution in [0.2, 0.25) is 0 Å². The molecule has 2 unspecified atom stereocenters. The molecule has 0 radical (unpaired) electrons. The number of fused-ring (bicyclic) bond motifs is 1. The Morgan fingerprint density at radius 2 is 2.50 bits per heavy atom. The van der Waals surface area contributed by atoms with Gasteiger partial charge in [-0.3, -0.25) is 0 Å². The Morgan fingerprint density at radius 3 is 2.75 bits per heavy atom. The third kappa shape index (κ3) is 0.395. The van der Waals surface area contributed by atoms with Crippen LogP contribution in [0.4, 0.5) is 4.39 Å². The fourth-order valence-corrected chi connectivity index (χ4v) is 1.63. The van der Waals surface area contributed by atoms with Crippen LogP contribution in [0.1, 0.15) is 12.8 Å². The van der Waals surface area contributed by atoms with Crippen LogP contribution in [-0.4, -0.2) is 18.8 Å². The van der Waals surface area contributed by atoms with E-state index < -0.39 is 5.67 Å². The number of hydrogen-bond acceptors (Lipinski definition) is 1. The fraction of sp³-hybridized carbons (Fsp3) is 1.00. The molecule has 2 fully saturated rings. The van der Waals surface area contributed by atoms with E-state index in [-0.39, 0.29) is 0 Å². The van der Waals surface area contributed by atoms with Crippen LogP contribution in [0.25, 0.3) is 0 Å². The third-order valence-corrected chi connectivity index (χ3v) is 2.45. The van der Waals surface area contributed by atoms with E-state index in [4.69, 9.17) is 0 Å². The molecule has 0 bridgehead atoms. The molecule has 0 aromatic carbocycles. The second-order valence-electron chi connectivity index (χ2n) is 2.90. The lowest BCUT2D eigenvalue weighted by Gasteiger charge is -2.36. The van der Waals surface area contributed by atoms with Crippen molar-refractivity contribution in [2.75, 3.05) is 13.1 Å². The first-order valence-corrected chi connectivity index (χ1v) is 3.21. The normalized spacial score (nSPS) is 52.9. The van der Waals surface area contributed by atoms with E-state index >= 15 is 0 Å². The molecule has 2 rings (SSSR count). The van der Waals surface area contributed by atoms with E-state index in [1.54, 1.807) is 0 Å². The summed E-state index contributed by atoms with van der Waals surface area (Å²) >= 11 is 0. The molecule has 1 saturated carbocycles. The van der Waals surface area contributed by atoms with Gasteiger partial charge in [0.15, 0.2) is 0 Å². The van der Waals surface area contributed by atoms with Crippen molar-refractivity contribution < 1.29 is 4.39 Å². The minimum atomic E-state index is -0.778. The van der Waals surface area contributed by atoms with E-state index in [1.807, 2.05) is 0 Å². The molecule has 1 nitrogen and oxygen atoms in total. The van der Waals surface area contributed by atoms with Gasteiger partial charge in [0.05, 0.1) is 0 Å². The van der Waals surface area contributed by atoms with Crippen molar-refractivity contribution in [2.24, 2.45) is 5.92 Å². The molecule has 1 heterocycles. The summed E-state index contributed by atoms with van der Waals surface area (Å²) in [4.78, 5) is 0. The van der Waals surface area contributed by atoms with Gasteiger partial charge in [-0.15, -0.1) is 0 Å². The second-order valence-corrected chi connectivity index (χ2v) is 2.90. The van der Waals surface area contributed by atoms with Gasteiger partial charge in [0.2, 0.25) is 0 Å². The highest BCUT2D eigenvalue weighted by Crippen LogP contribution is 2.44. The van der Waals surface area contributed by atoms with Gasteiger partial charge in [0, 0.05) is 19.0 Å². The summed E-state index contributed by atoms with van der Waals surface area (Å²) in [6.45, 7) is 1.52. The van der Waals surface area contributed by atoms with E-state index in [1.165, 1.54) is 0 Å². The Bertz CT molecular complexity index is 115. The lowest BCUT2D eigenvalue weighted by molar-refractivity contribution is 0.0304. The lowest BCUT2D eigenvalue weighted by atomic mass is 9.74. The minimum Gasteiger partial charge on any atom is -0.313 e. The maximum absolute atomic E-state index is 13.0. The zero-order valence-electron chi connectivity index (χ0n) is 4.78. The maximum Gasteiger partial charge on any atom is 0.127 e. The van der Waals surface area contributed by atoms with Crippen LogP contribution in [-0.2, 0) is 0 Å². The molecule has 1 saturated heterocycles. The van der Waals surface area contributed by atoms with Gasteiger partial charge < -0.3 is 5.32 Å². The zero-order chi connectivity index (χ0) is 5.61. The summed E-state index contributed by atoms with van der Waals surface area (Å²) < 4.78 is 13.0. The Morgan fingerprint density at radius 1 is 1.62 bits per heavy atom. The Balaban J connectivity index is 2.14. The predicted octanol–water partition coefficient (Wildman–Crippen LogP) is 0.708. The SMILES string of the molecule is FC12CCC1CNC2. The Labute approximate surface area is 48.3 Å². The van der Waals surface area contributed by atoms with E-state index in [0.717, 1.165) is 19.4 Å². The first kappa shape index (κ1) is 4.74. The molecular formula is C6H10FN. The molecule has 1 aliphatic heterocycles. The van der Waals surface area contributed by atoms with Crippen molar-refractivity contribution in [3.05, 3.63) is 0 Å². The van der Waals surface area contributed by atoms with Crippen LogP contribution in [0, 0.1) is 5.92 Å². The highest BCUT2D eigenvalue weighted by atomic mass is 19.1. The average Bonchev–Trinajstić information content (AvgIpc) is 1.94. The molecule has 8 heavy (non-hydrogen) atoms. The van der Waals surface area contributed by atoms with E-state index in [9.17, 15) is 4.39 Å². The fourth-order valence-electron chi connectivity index (χ4n) is 1.63. The molecule has 1 N–H and O–H groups in total. The molecule has 0 amide bonds.